The van der Waals surface area contributed by atoms with Gasteiger partial charge in [-0.3, -0.25) is 9.69 Å². The van der Waals surface area contributed by atoms with Gasteiger partial charge in [0.05, 0.1) is 11.1 Å². The van der Waals surface area contributed by atoms with Crippen LogP contribution in [0.2, 0.25) is 5.02 Å². The molecule has 1 fully saturated rings. The Morgan fingerprint density at radius 3 is 2.67 bits per heavy atom. The molecule has 1 N–H and O–H groups in total. The standard InChI is InChI=1S/C16H20ClNO3/c1-16(2)15(18-8-6-10(19)7-9-18)13(20)11-4-3-5-12(17)14(11)21-16/h3-5,13,15,20H,6-9H2,1-2H3. The number of ketones is 1. The predicted octanol–water partition coefficient (Wildman–Crippen LogP) is 2.58. The van der Waals surface area contributed by atoms with Crippen molar-refractivity contribution in [3.63, 3.8) is 0 Å². The number of carbonyl (C=O) groups is 1. The lowest BCUT2D eigenvalue weighted by atomic mass is 9.84. The monoisotopic (exact) mass is 309 g/mol. The number of aliphatic hydroxyl groups excluding tert-OH is 1. The lowest BCUT2D eigenvalue weighted by Crippen LogP contribution is -2.59. The number of hydrogen-bond donors (Lipinski definition) is 1. The summed E-state index contributed by atoms with van der Waals surface area (Å²) in [6, 6.07) is 5.26. The molecule has 3 rings (SSSR count). The van der Waals surface area contributed by atoms with Gasteiger partial charge in [0.15, 0.2) is 0 Å². The highest BCUT2D eigenvalue weighted by Gasteiger charge is 2.47. The van der Waals surface area contributed by atoms with E-state index < -0.39 is 11.7 Å². The summed E-state index contributed by atoms with van der Waals surface area (Å²) >= 11 is 6.19. The number of Topliss-reactive ketones (excluding diaryl/α,β-unsaturated/α-hetero) is 1. The topological polar surface area (TPSA) is 49.8 Å². The molecule has 2 unspecified atom stereocenters. The number of ether oxygens (including phenoxy) is 1. The number of rotatable bonds is 1. The van der Waals surface area contributed by atoms with Crippen molar-refractivity contribution in [2.75, 3.05) is 13.1 Å². The second-order valence-electron chi connectivity index (χ2n) is 6.33. The molecular weight excluding hydrogens is 290 g/mol. The Hall–Kier alpha value is -1.10. The average molecular weight is 310 g/mol. The molecule has 21 heavy (non-hydrogen) atoms. The van der Waals surface area contributed by atoms with Crippen LogP contribution in [0.15, 0.2) is 18.2 Å². The second-order valence-corrected chi connectivity index (χ2v) is 6.74. The van der Waals surface area contributed by atoms with Crippen LogP contribution in [0.3, 0.4) is 0 Å². The molecular formula is C16H20ClNO3. The van der Waals surface area contributed by atoms with Gasteiger partial charge in [-0.15, -0.1) is 0 Å². The highest BCUT2D eigenvalue weighted by atomic mass is 35.5. The first-order valence-electron chi connectivity index (χ1n) is 7.31. The summed E-state index contributed by atoms with van der Waals surface area (Å²) in [6.45, 7) is 5.26. The minimum absolute atomic E-state index is 0.184. The maximum absolute atomic E-state index is 11.4. The van der Waals surface area contributed by atoms with Gasteiger partial charge < -0.3 is 9.84 Å². The van der Waals surface area contributed by atoms with Crippen molar-refractivity contribution >= 4 is 17.4 Å². The molecule has 0 amide bonds. The van der Waals surface area contributed by atoms with Crippen LogP contribution in [0.4, 0.5) is 0 Å². The van der Waals surface area contributed by atoms with Gasteiger partial charge in [-0.2, -0.15) is 0 Å². The summed E-state index contributed by atoms with van der Waals surface area (Å²) < 4.78 is 6.09. The Labute approximate surface area is 129 Å². The molecule has 4 nitrogen and oxygen atoms in total. The molecule has 2 aliphatic heterocycles. The van der Waals surface area contributed by atoms with Crippen LogP contribution in [0.5, 0.6) is 5.75 Å². The predicted molar refractivity (Wildman–Crippen MR) is 80.7 cm³/mol. The zero-order valence-corrected chi connectivity index (χ0v) is 13.1. The lowest BCUT2D eigenvalue weighted by molar-refractivity contribution is -0.127. The number of benzene rings is 1. The van der Waals surface area contributed by atoms with E-state index in [0.717, 1.165) is 5.56 Å². The van der Waals surface area contributed by atoms with Gasteiger partial charge in [-0.05, 0) is 19.9 Å². The van der Waals surface area contributed by atoms with E-state index in [1.165, 1.54) is 0 Å². The maximum Gasteiger partial charge on any atom is 0.144 e. The number of carbonyl (C=O) groups excluding carboxylic acids is 1. The van der Waals surface area contributed by atoms with Gasteiger partial charge >= 0.3 is 0 Å². The largest absolute Gasteiger partial charge is 0.484 e. The van der Waals surface area contributed by atoms with E-state index in [0.29, 0.717) is 42.5 Å². The molecule has 2 atom stereocenters. The highest BCUT2D eigenvalue weighted by molar-refractivity contribution is 6.32. The fourth-order valence-electron chi connectivity index (χ4n) is 3.43. The summed E-state index contributed by atoms with van der Waals surface area (Å²) in [5.74, 6) is 0.861. The third kappa shape index (κ3) is 2.56. The minimum atomic E-state index is -0.671. The smallest absolute Gasteiger partial charge is 0.144 e. The minimum Gasteiger partial charge on any atom is -0.484 e. The van der Waals surface area contributed by atoms with Gasteiger partial charge in [-0.1, -0.05) is 23.7 Å². The zero-order valence-electron chi connectivity index (χ0n) is 12.3. The molecule has 0 aliphatic carbocycles. The Morgan fingerprint density at radius 2 is 2.00 bits per heavy atom. The van der Waals surface area contributed by atoms with Crippen molar-refractivity contribution in [3.8, 4) is 5.75 Å². The Kier molecular flexibility index (Phi) is 3.72. The van der Waals surface area contributed by atoms with Crippen LogP contribution in [-0.2, 0) is 4.79 Å². The van der Waals surface area contributed by atoms with E-state index in [9.17, 15) is 9.90 Å². The quantitative estimate of drug-likeness (QED) is 0.866. The molecule has 5 heteroatoms. The Bertz CT molecular complexity index is 563. The van der Waals surface area contributed by atoms with Crippen LogP contribution < -0.4 is 4.74 Å². The molecule has 114 valence electrons. The Balaban J connectivity index is 1.96. The number of fused-ring (bicyclic) bond motifs is 1. The summed E-state index contributed by atoms with van der Waals surface area (Å²) in [5.41, 5.74) is 0.154. The van der Waals surface area contributed by atoms with Crippen LogP contribution in [0, 0.1) is 0 Å². The van der Waals surface area contributed by atoms with Crippen molar-refractivity contribution in [1.82, 2.24) is 4.90 Å². The number of likely N-dealkylation sites (tertiary alicyclic amines) is 1. The van der Waals surface area contributed by atoms with Crippen molar-refractivity contribution in [3.05, 3.63) is 28.8 Å². The summed E-state index contributed by atoms with van der Waals surface area (Å²) in [5, 5.41) is 11.4. The summed E-state index contributed by atoms with van der Waals surface area (Å²) in [7, 11) is 0. The van der Waals surface area contributed by atoms with E-state index in [4.69, 9.17) is 16.3 Å². The van der Waals surface area contributed by atoms with Crippen molar-refractivity contribution in [2.24, 2.45) is 0 Å². The molecule has 1 saturated heterocycles. The van der Waals surface area contributed by atoms with Crippen LogP contribution in [0.25, 0.3) is 0 Å². The van der Waals surface area contributed by atoms with E-state index in [-0.39, 0.29) is 6.04 Å². The van der Waals surface area contributed by atoms with E-state index in [1.54, 1.807) is 6.07 Å². The van der Waals surface area contributed by atoms with Gasteiger partial charge in [0.2, 0.25) is 0 Å². The average Bonchev–Trinajstić information content (AvgIpc) is 2.42. The van der Waals surface area contributed by atoms with Gasteiger partial charge in [0.1, 0.15) is 23.2 Å². The normalized spacial score (nSPS) is 28.9. The first-order valence-corrected chi connectivity index (χ1v) is 7.69. The summed E-state index contributed by atoms with van der Waals surface area (Å²) in [4.78, 5) is 13.6. The van der Waals surface area contributed by atoms with Crippen molar-refractivity contribution in [2.45, 2.75) is 44.4 Å². The van der Waals surface area contributed by atoms with E-state index >= 15 is 0 Å². The van der Waals surface area contributed by atoms with Gasteiger partial charge in [-0.25, -0.2) is 0 Å². The van der Waals surface area contributed by atoms with Crippen molar-refractivity contribution < 1.29 is 14.6 Å². The first kappa shape index (κ1) is 14.8. The van der Waals surface area contributed by atoms with Crippen molar-refractivity contribution in [1.29, 1.82) is 0 Å². The van der Waals surface area contributed by atoms with Gasteiger partial charge in [0, 0.05) is 31.5 Å². The Morgan fingerprint density at radius 1 is 1.33 bits per heavy atom. The van der Waals surface area contributed by atoms with Gasteiger partial charge in [0.25, 0.3) is 0 Å². The molecule has 2 aliphatic rings. The van der Waals surface area contributed by atoms with Crippen LogP contribution in [-0.4, -0.2) is 40.5 Å². The molecule has 0 radical (unpaired) electrons. The number of piperidine rings is 1. The molecule has 1 aromatic rings. The highest BCUT2D eigenvalue weighted by Crippen LogP contribution is 2.45. The third-order valence-electron chi connectivity index (χ3n) is 4.44. The molecule has 1 aromatic carbocycles. The number of hydrogen-bond acceptors (Lipinski definition) is 4. The second kappa shape index (κ2) is 5.27. The fourth-order valence-corrected chi connectivity index (χ4v) is 3.65. The zero-order chi connectivity index (χ0) is 15.2. The molecule has 0 spiro atoms. The summed E-state index contributed by atoms with van der Waals surface area (Å²) in [6.07, 6.45) is 0.416. The fraction of sp³-hybridized carbons (Fsp3) is 0.562. The van der Waals surface area contributed by atoms with E-state index in [2.05, 4.69) is 4.90 Å². The van der Waals surface area contributed by atoms with Crippen LogP contribution in [0.1, 0.15) is 38.4 Å². The molecule has 2 heterocycles. The number of nitrogens with zero attached hydrogens (tertiary/aromatic N) is 1. The van der Waals surface area contributed by atoms with E-state index in [1.807, 2.05) is 26.0 Å². The lowest BCUT2D eigenvalue weighted by Gasteiger charge is -2.49. The van der Waals surface area contributed by atoms with Crippen LogP contribution >= 0.6 is 11.6 Å². The maximum atomic E-state index is 11.4. The number of halogens is 1. The number of para-hydroxylation sites is 1. The number of aliphatic hydroxyl groups is 1. The first-order chi connectivity index (χ1) is 9.90. The molecule has 0 aromatic heterocycles. The molecule has 0 saturated carbocycles. The molecule has 0 bridgehead atoms. The third-order valence-corrected chi connectivity index (χ3v) is 4.74. The SMILES string of the molecule is CC1(C)Oc2c(Cl)cccc2C(O)C1N1CCC(=O)CC1.